The summed E-state index contributed by atoms with van der Waals surface area (Å²) >= 11 is 0. The first-order chi connectivity index (χ1) is 9.07. The number of aromatic nitrogens is 2. The Balaban J connectivity index is 1.96. The molecule has 0 radical (unpaired) electrons. The fourth-order valence-corrected chi connectivity index (χ4v) is 2.49. The van der Waals surface area contributed by atoms with Gasteiger partial charge in [0.1, 0.15) is 18.0 Å². The van der Waals surface area contributed by atoms with E-state index in [-0.39, 0.29) is 5.41 Å². The van der Waals surface area contributed by atoms with Crippen LogP contribution in [0.25, 0.3) is 0 Å². The Kier molecular flexibility index (Phi) is 4.24. The smallest absolute Gasteiger partial charge is 0.131 e. The Bertz CT molecular complexity index is 422. The lowest BCUT2D eigenvalue weighted by Crippen LogP contribution is -2.57. The van der Waals surface area contributed by atoms with Gasteiger partial charge in [-0.1, -0.05) is 20.8 Å². The highest BCUT2D eigenvalue weighted by molar-refractivity contribution is 5.47. The molecule has 2 N–H and O–H groups in total. The molecule has 1 heterocycles. The molecule has 19 heavy (non-hydrogen) atoms. The molecule has 106 valence electrons. The normalized spacial score (nSPS) is 24.6. The molecule has 1 aliphatic carbocycles. The number of anilines is 2. The highest BCUT2D eigenvalue weighted by Crippen LogP contribution is 2.43. The van der Waals surface area contributed by atoms with Crippen LogP contribution >= 0.6 is 0 Å². The van der Waals surface area contributed by atoms with E-state index in [0.29, 0.717) is 12.1 Å². The minimum absolute atomic E-state index is 0.136. The van der Waals surface area contributed by atoms with Crippen molar-refractivity contribution >= 4 is 11.6 Å². The zero-order valence-electron chi connectivity index (χ0n) is 12.2. The molecule has 0 saturated heterocycles. The summed E-state index contributed by atoms with van der Waals surface area (Å²) in [5.41, 5.74) is 0.136. The van der Waals surface area contributed by atoms with Gasteiger partial charge in [0.05, 0.1) is 6.10 Å². The molecule has 5 nitrogen and oxygen atoms in total. The average molecular weight is 264 g/mol. The van der Waals surface area contributed by atoms with Crippen LogP contribution in [0, 0.1) is 5.41 Å². The third-order valence-electron chi connectivity index (χ3n) is 4.01. The Morgan fingerprint density at radius 1 is 1.37 bits per heavy atom. The topological polar surface area (TPSA) is 59.1 Å². The van der Waals surface area contributed by atoms with Crippen LogP contribution in [0.5, 0.6) is 0 Å². The van der Waals surface area contributed by atoms with E-state index >= 15 is 0 Å². The van der Waals surface area contributed by atoms with Crippen LogP contribution in [0.15, 0.2) is 12.4 Å². The van der Waals surface area contributed by atoms with Crippen LogP contribution in [-0.4, -0.2) is 35.8 Å². The number of rotatable bonds is 6. The highest BCUT2D eigenvalue weighted by atomic mass is 16.5. The van der Waals surface area contributed by atoms with Gasteiger partial charge in [0, 0.05) is 31.2 Å². The molecule has 0 aliphatic heterocycles. The van der Waals surface area contributed by atoms with Gasteiger partial charge in [0.25, 0.3) is 0 Å². The molecule has 2 unspecified atom stereocenters. The minimum Gasteiger partial charge on any atom is -0.381 e. The summed E-state index contributed by atoms with van der Waals surface area (Å²) in [6.07, 6.45) is 4.02. The fourth-order valence-electron chi connectivity index (χ4n) is 2.49. The number of hydrogen-bond donors (Lipinski definition) is 2. The molecule has 1 aromatic heterocycles. The maximum absolute atomic E-state index is 5.46. The summed E-state index contributed by atoms with van der Waals surface area (Å²) in [5.74, 6) is 1.75. The monoisotopic (exact) mass is 264 g/mol. The summed E-state index contributed by atoms with van der Waals surface area (Å²) in [7, 11) is 1.78. The lowest BCUT2D eigenvalue weighted by molar-refractivity contribution is -0.0795. The number of methoxy groups -OCH3 is 1. The van der Waals surface area contributed by atoms with Crippen LogP contribution in [0.4, 0.5) is 11.6 Å². The van der Waals surface area contributed by atoms with Crippen molar-refractivity contribution in [3.63, 3.8) is 0 Å². The van der Waals surface area contributed by atoms with Crippen molar-refractivity contribution in [3.8, 4) is 0 Å². The van der Waals surface area contributed by atoms with E-state index in [1.54, 1.807) is 13.4 Å². The molecule has 2 atom stereocenters. The molecule has 1 aliphatic rings. The molecule has 1 fully saturated rings. The van der Waals surface area contributed by atoms with Crippen LogP contribution in [0.3, 0.4) is 0 Å². The first kappa shape index (κ1) is 14.1. The summed E-state index contributed by atoms with van der Waals surface area (Å²) in [4.78, 5) is 8.49. The first-order valence-corrected chi connectivity index (χ1v) is 6.93. The molecule has 0 aromatic carbocycles. The number of nitrogens with one attached hydrogen (secondary N) is 2. The third-order valence-corrected chi connectivity index (χ3v) is 4.01. The number of nitrogens with zero attached hydrogens (tertiary/aromatic N) is 2. The van der Waals surface area contributed by atoms with Gasteiger partial charge in [-0.05, 0) is 12.8 Å². The van der Waals surface area contributed by atoms with Crippen molar-refractivity contribution in [1.82, 2.24) is 9.97 Å². The Hall–Kier alpha value is -1.36. The van der Waals surface area contributed by atoms with Crippen molar-refractivity contribution in [3.05, 3.63) is 12.4 Å². The molecule has 1 saturated carbocycles. The molecule has 0 spiro atoms. The molecule has 0 bridgehead atoms. The van der Waals surface area contributed by atoms with E-state index in [1.807, 2.05) is 6.07 Å². The van der Waals surface area contributed by atoms with Crippen LogP contribution in [0.2, 0.25) is 0 Å². The van der Waals surface area contributed by atoms with E-state index in [0.717, 1.165) is 31.0 Å². The van der Waals surface area contributed by atoms with Gasteiger partial charge >= 0.3 is 0 Å². The maximum Gasteiger partial charge on any atom is 0.131 e. The summed E-state index contributed by atoms with van der Waals surface area (Å²) < 4.78 is 5.46. The van der Waals surface area contributed by atoms with Crippen molar-refractivity contribution in [2.75, 3.05) is 24.3 Å². The fraction of sp³-hybridized carbons (Fsp3) is 0.714. The second kappa shape index (κ2) is 5.74. The predicted octanol–water partition coefficient (Wildman–Crippen LogP) is 2.52. The predicted molar refractivity (Wildman–Crippen MR) is 77.4 cm³/mol. The van der Waals surface area contributed by atoms with Crippen molar-refractivity contribution < 1.29 is 4.74 Å². The first-order valence-electron chi connectivity index (χ1n) is 6.93. The van der Waals surface area contributed by atoms with E-state index < -0.39 is 0 Å². The van der Waals surface area contributed by atoms with Gasteiger partial charge in [-0.25, -0.2) is 9.97 Å². The quantitative estimate of drug-likeness (QED) is 0.827. The molecular weight excluding hydrogens is 240 g/mol. The van der Waals surface area contributed by atoms with Gasteiger partial charge in [0.15, 0.2) is 0 Å². The van der Waals surface area contributed by atoms with Crippen LogP contribution in [0.1, 0.15) is 33.6 Å². The minimum atomic E-state index is 0.136. The van der Waals surface area contributed by atoms with Crippen LogP contribution in [-0.2, 0) is 4.74 Å². The zero-order valence-corrected chi connectivity index (χ0v) is 12.2. The zero-order chi connectivity index (χ0) is 13.9. The van der Waals surface area contributed by atoms with Crippen molar-refractivity contribution in [2.45, 2.75) is 45.8 Å². The highest BCUT2D eigenvalue weighted by Gasteiger charge is 2.48. The van der Waals surface area contributed by atoms with E-state index in [9.17, 15) is 0 Å². The van der Waals surface area contributed by atoms with E-state index in [1.165, 1.54) is 0 Å². The second-order valence-electron chi connectivity index (χ2n) is 5.69. The third kappa shape index (κ3) is 2.97. The second-order valence-corrected chi connectivity index (χ2v) is 5.69. The summed E-state index contributed by atoms with van der Waals surface area (Å²) in [6.45, 7) is 7.51. The molecular formula is C14H24N4O. The Labute approximate surface area is 115 Å². The number of hydrogen-bond acceptors (Lipinski definition) is 5. The standard InChI is InChI=1S/C14H24N4O/c1-5-6-15-12-8-13(17-9-16-12)18-10-7-11(19-4)14(10,2)3/h8-11H,5-7H2,1-4H3,(H2,15,16,17,18). The Morgan fingerprint density at radius 3 is 2.74 bits per heavy atom. The van der Waals surface area contributed by atoms with Crippen molar-refractivity contribution in [2.24, 2.45) is 5.41 Å². The molecule has 1 aromatic rings. The maximum atomic E-state index is 5.46. The number of ether oxygens (including phenoxy) is 1. The van der Waals surface area contributed by atoms with E-state index in [2.05, 4.69) is 41.4 Å². The lowest BCUT2D eigenvalue weighted by Gasteiger charge is -2.51. The Morgan fingerprint density at radius 2 is 2.11 bits per heavy atom. The summed E-state index contributed by atoms with van der Waals surface area (Å²) in [6, 6.07) is 2.36. The average Bonchev–Trinajstić information content (AvgIpc) is 2.41. The van der Waals surface area contributed by atoms with Gasteiger partial charge in [-0.15, -0.1) is 0 Å². The van der Waals surface area contributed by atoms with Gasteiger partial charge in [-0.3, -0.25) is 0 Å². The largest absolute Gasteiger partial charge is 0.381 e. The van der Waals surface area contributed by atoms with Crippen LogP contribution < -0.4 is 10.6 Å². The van der Waals surface area contributed by atoms with E-state index in [4.69, 9.17) is 4.74 Å². The molecule has 2 rings (SSSR count). The summed E-state index contributed by atoms with van der Waals surface area (Å²) in [5, 5.41) is 6.75. The molecule has 0 amide bonds. The van der Waals surface area contributed by atoms with Gasteiger partial charge in [0.2, 0.25) is 0 Å². The lowest BCUT2D eigenvalue weighted by atomic mass is 9.64. The molecule has 5 heteroatoms. The van der Waals surface area contributed by atoms with Crippen molar-refractivity contribution in [1.29, 1.82) is 0 Å². The SMILES string of the molecule is CCCNc1cc(NC2CC(OC)C2(C)C)ncn1. The van der Waals surface area contributed by atoms with Gasteiger partial charge in [-0.2, -0.15) is 0 Å². The van der Waals surface area contributed by atoms with Gasteiger partial charge < -0.3 is 15.4 Å².